The summed E-state index contributed by atoms with van der Waals surface area (Å²) >= 11 is 0. The van der Waals surface area contributed by atoms with Crippen LogP contribution in [0.1, 0.15) is 120 Å². The monoisotopic (exact) mass is 1040 g/mol. The number of piperidine rings is 2. The largest absolute Gasteiger partial charge is 0.507 e. The van der Waals surface area contributed by atoms with Crippen LogP contribution < -0.4 is 20.8 Å². The van der Waals surface area contributed by atoms with E-state index < -0.39 is 65.5 Å². The molecule has 6 aliphatic heterocycles. The lowest BCUT2D eigenvalue weighted by Crippen LogP contribution is -2.43. The molecule has 6 aliphatic rings. The van der Waals surface area contributed by atoms with Crippen LogP contribution in [-0.2, 0) is 23.9 Å². The first-order valence-electron chi connectivity index (χ1n) is 26.8. The highest BCUT2D eigenvalue weighted by Crippen LogP contribution is 2.50. The summed E-state index contributed by atoms with van der Waals surface area (Å²) in [6.45, 7) is 14.0. The van der Waals surface area contributed by atoms with Gasteiger partial charge in [-0.1, -0.05) is 93.6 Å². The fourth-order valence-corrected chi connectivity index (χ4v) is 11.2. The maximum Gasteiger partial charge on any atom is 0.315 e. The van der Waals surface area contributed by atoms with Gasteiger partial charge in [-0.25, -0.2) is 0 Å². The quantitative estimate of drug-likeness (QED) is 0.0680. The third-order valence-electron chi connectivity index (χ3n) is 15.7. The number of amides is 2. The van der Waals surface area contributed by atoms with Gasteiger partial charge in [-0.15, -0.1) is 0 Å². The second-order valence-corrected chi connectivity index (χ2v) is 21.9. The molecule has 6 heterocycles. The number of hydrogen-bond donors (Lipinski definition) is 5. The van der Waals surface area contributed by atoms with Crippen molar-refractivity contribution in [1.29, 1.82) is 0 Å². The number of anilines is 1. The van der Waals surface area contributed by atoms with Gasteiger partial charge in [0.1, 0.15) is 35.1 Å². The van der Waals surface area contributed by atoms with E-state index in [1.54, 1.807) is 50.0 Å². The number of aromatic hydroxyl groups is 2. The van der Waals surface area contributed by atoms with Gasteiger partial charge < -0.3 is 49.8 Å². The molecule has 2 fully saturated rings. The Morgan fingerprint density at radius 1 is 0.882 bits per heavy atom. The first-order chi connectivity index (χ1) is 36.3. The van der Waals surface area contributed by atoms with E-state index in [1.165, 1.54) is 18.7 Å². The molecule has 0 saturated carbocycles. The van der Waals surface area contributed by atoms with Crippen LogP contribution in [0.5, 0.6) is 17.2 Å². The van der Waals surface area contributed by atoms with Gasteiger partial charge in [0.25, 0.3) is 11.7 Å². The summed E-state index contributed by atoms with van der Waals surface area (Å²) in [4.78, 5) is 70.1. The Balaban J connectivity index is 0.946. The van der Waals surface area contributed by atoms with Gasteiger partial charge in [0, 0.05) is 81.4 Å². The average Bonchev–Trinajstić information content (AvgIpc) is 3.91. The number of rotatable bonds is 7. The minimum atomic E-state index is -1.94. The number of benzene rings is 4. The topological polar surface area (TPSA) is 220 Å². The number of carbonyl (C=O) groups excluding carboxylic acids is 4. The molecule has 0 aliphatic carbocycles. The van der Waals surface area contributed by atoms with E-state index >= 15 is 0 Å². The van der Waals surface area contributed by atoms with Crippen molar-refractivity contribution in [2.75, 3.05) is 38.0 Å². The SMILES string of the molecule is C/C1=C/C=C/C(C)[C@H](O)CC(O)C[C@H](OC(=O)CC(=O)N2CCC(c3ccc(-c4ccccc4)cc3)CC2)CC/C=C/OC2(C)Oc3c(C)c(O)c4c(O)c(c5c(c4c3C2=O)=NC2(CCN(CC(C)C)CC2)N=5)NC1=O. The summed E-state index contributed by atoms with van der Waals surface area (Å²) in [6, 6.07) is 18.7. The molecule has 4 aromatic rings. The Hall–Kier alpha value is -6.88. The number of allylic oxidation sites excluding steroid dienone is 3. The molecule has 2 saturated heterocycles. The number of phenols is 2. The summed E-state index contributed by atoms with van der Waals surface area (Å²) in [5, 5.41) is 49.9. The van der Waals surface area contributed by atoms with Crippen LogP contribution in [0.3, 0.4) is 0 Å². The van der Waals surface area contributed by atoms with Crippen LogP contribution in [0.4, 0.5) is 5.69 Å². The summed E-state index contributed by atoms with van der Waals surface area (Å²) in [7, 11) is 0. The van der Waals surface area contributed by atoms with Gasteiger partial charge in [-0.2, -0.15) is 0 Å². The molecule has 1 spiro atoms. The minimum Gasteiger partial charge on any atom is -0.507 e. The normalized spacial score (nSPS) is 26.0. The van der Waals surface area contributed by atoms with Gasteiger partial charge in [-0.05, 0) is 80.6 Å². The lowest BCUT2D eigenvalue weighted by Gasteiger charge is -2.36. The number of aliphatic hydroxyl groups is 2. The van der Waals surface area contributed by atoms with E-state index in [4.69, 9.17) is 24.2 Å². The zero-order valence-corrected chi connectivity index (χ0v) is 44.4. The maximum absolute atomic E-state index is 14.8. The van der Waals surface area contributed by atoms with Gasteiger partial charge in [0.2, 0.25) is 5.91 Å². The van der Waals surface area contributed by atoms with Crippen LogP contribution in [0, 0.1) is 18.8 Å². The number of hydrogen-bond acceptors (Lipinski definition) is 14. The third-order valence-corrected chi connectivity index (χ3v) is 15.7. The maximum atomic E-state index is 14.8. The number of Topliss-reactive ketones (excluding diaryl/α,β-unsaturated/α-hetero) is 1. The van der Waals surface area contributed by atoms with Crippen molar-refractivity contribution in [3.63, 3.8) is 0 Å². The molecule has 4 aromatic carbocycles. The molecule has 10 rings (SSSR count). The van der Waals surface area contributed by atoms with E-state index in [2.05, 4.69) is 60.5 Å². The Bertz CT molecular complexity index is 3100. The Labute approximate surface area is 443 Å². The van der Waals surface area contributed by atoms with Crippen molar-refractivity contribution >= 4 is 40.0 Å². The lowest BCUT2D eigenvalue weighted by molar-refractivity contribution is -0.155. The van der Waals surface area contributed by atoms with E-state index in [0.29, 0.717) is 44.9 Å². The van der Waals surface area contributed by atoms with E-state index in [9.17, 15) is 39.6 Å². The average molecular weight is 1040 g/mol. The minimum absolute atomic E-state index is 0.0341. The fourth-order valence-electron chi connectivity index (χ4n) is 11.2. The third kappa shape index (κ3) is 11.3. The van der Waals surface area contributed by atoms with Crippen LogP contribution in [0.15, 0.2) is 101 Å². The first kappa shape index (κ1) is 53.9. The van der Waals surface area contributed by atoms with Crippen molar-refractivity contribution in [2.45, 2.75) is 135 Å². The number of nitrogens with one attached hydrogen (secondary N) is 1. The molecule has 16 nitrogen and oxygen atoms in total. The molecule has 5 bridgehead atoms. The first-order valence-corrected chi connectivity index (χ1v) is 26.8. The number of nitrogens with zero attached hydrogens (tertiary/aromatic N) is 4. The number of ketones is 1. The molecule has 0 radical (unpaired) electrons. The summed E-state index contributed by atoms with van der Waals surface area (Å²) in [6.07, 6.45) is 7.30. The predicted molar refractivity (Wildman–Crippen MR) is 287 cm³/mol. The van der Waals surface area contributed by atoms with Crippen LogP contribution in [-0.4, -0.2) is 116 Å². The zero-order chi connectivity index (χ0) is 54.1. The number of carbonyl (C=O) groups is 4. The number of phenolic OH excluding ortho intramolecular Hbond substituents is 2. The van der Waals surface area contributed by atoms with Crippen LogP contribution >= 0.6 is 0 Å². The van der Waals surface area contributed by atoms with Gasteiger partial charge in [0.15, 0.2) is 11.4 Å². The second kappa shape index (κ2) is 22.4. The molecular weight excluding hydrogens is 967 g/mol. The molecule has 5 N–H and O–H groups in total. The van der Waals surface area contributed by atoms with Gasteiger partial charge in [-0.3, -0.25) is 29.2 Å². The number of aliphatic hydroxyl groups excluding tert-OH is 2. The van der Waals surface area contributed by atoms with Crippen molar-refractivity contribution < 1.29 is 53.8 Å². The van der Waals surface area contributed by atoms with E-state index in [0.717, 1.165) is 30.5 Å². The predicted octanol–water partition coefficient (Wildman–Crippen LogP) is 7.83. The number of ether oxygens (including phenoxy) is 3. The molecule has 5 atom stereocenters. The molecule has 0 aromatic heterocycles. The molecule has 3 unspecified atom stereocenters. The number of esters is 1. The number of fused-ring (bicyclic) bond motifs is 13. The van der Waals surface area contributed by atoms with Crippen LogP contribution in [0.2, 0.25) is 0 Å². The lowest BCUT2D eigenvalue weighted by atomic mass is 9.88. The molecule has 16 heteroatoms. The molecular formula is C60H71N5O11. The van der Waals surface area contributed by atoms with Gasteiger partial charge >= 0.3 is 11.8 Å². The fraction of sp³-hybridized carbons (Fsp3) is 0.467. The molecule has 402 valence electrons. The standard InChI is InChI=1S/C60H71N5O11/c1-35(2)34-64-28-24-60(25-29-64)62-51-48-49-54(70)38(5)56-50(48)57(72)59(6,76-56)74-30-11-10-17-44(31-43(66)32-45(67)36(3)13-12-14-37(4)58(73)61-53(55(49)71)52(51)63-60)75-47(69)33-46(68)65-26-22-42(23-27-65)41-20-18-40(19-21-41)39-15-8-7-9-16-39/h7-9,11-16,18-21,30,35-36,42-45,66-67,70-71H,10,17,22-29,31-34H2,1-6H3,(H,61,73)/b13-12+,30-11+,37-14-/t36?,43?,44-,45-,59?/m1/s1. The molecule has 2 amide bonds. The molecule has 76 heavy (non-hydrogen) atoms. The smallest absolute Gasteiger partial charge is 0.315 e. The highest BCUT2D eigenvalue weighted by Gasteiger charge is 2.50. The van der Waals surface area contributed by atoms with Crippen LogP contribution in [0.25, 0.3) is 21.9 Å². The number of likely N-dealkylation sites (tertiary alicyclic amines) is 2. The summed E-state index contributed by atoms with van der Waals surface area (Å²) < 4.78 is 18.3. The summed E-state index contributed by atoms with van der Waals surface area (Å²) in [5.74, 6) is -4.74. The zero-order valence-electron chi connectivity index (χ0n) is 44.4. The van der Waals surface area contributed by atoms with Crippen molar-refractivity contribution in [1.82, 2.24) is 9.80 Å². The summed E-state index contributed by atoms with van der Waals surface area (Å²) in [5.41, 5.74) is 2.92. The highest BCUT2D eigenvalue weighted by atomic mass is 16.7. The van der Waals surface area contributed by atoms with Crippen molar-refractivity contribution in [2.24, 2.45) is 21.8 Å². The van der Waals surface area contributed by atoms with E-state index in [-0.39, 0.29) is 92.9 Å². The Morgan fingerprint density at radius 3 is 2.26 bits per heavy atom. The Kier molecular flexibility index (Phi) is 15.9. The Morgan fingerprint density at radius 2 is 1.57 bits per heavy atom. The highest BCUT2D eigenvalue weighted by molar-refractivity contribution is 6.19. The van der Waals surface area contributed by atoms with Crippen molar-refractivity contribution in [3.05, 3.63) is 118 Å². The second-order valence-electron chi connectivity index (χ2n) is 21.9. The van der Waals surface area contributed by atoms with Crippen molar-refractivity contribution in [3.8, 4) is 28.4 Å². The van der Waals surface area contributed by atoms with Gasteiger partial charge in [0.05, 0.1) is 34.8 Å². The van der Waals surface area contributed by atoms with E-state index in [1.807, 2.05) is 18.2 Å².